The van der Waals surface area contributed by atoms with Crippen LogP contribution in [0.25, 0.3) is 0 Å². The van der Waals surface area contributed by atoms with Gasteiger partial charge in [-0.05, 0) is 55.7 Å². The van der Waals surface area contributed by atoms with E-state index in [-0.39, 0.29) is 16.3 Å². The largest absolute Gasteiger partial charge is 0.381 e. The quantitative estimate of drug-likeness (QED) is 0.755. The van der Waals surface area contributed by atoms with Crippen molar-refractivity contribution in [2.24, 2.45) is 0 Å². The third-order valence-electron chi connectivity index (χ3n) is 4.67. The van der Waals surface area contributed by atoms with Crippen molar-refractivity contribution >= 4 is 21.5 Å². The van der Waals surface area contributed by atoms with Crippen molar-refractivity contribution in [3.63, 3.8) is 0 Å². The number of nitrogens with one attached hydrogen (secondary N) is 2. The number of halogens is 1. The maximum absolute atomic E-state index is 13.3. The van der Waals surface area contributed by atoms with Crippen molar-refractivity contribution in [2.45, 2.75) is 56.4 Å². The maximum Gasteiger partial charge on any atom is 0.263 e. The molecule has 0 aliphatic heterocycles. The summed E-state index contributed by atoms with van der Waals surface area (Å²) in [6, 6.07) is 7.60. The lowest BCUT2D eigenvalue weighted by Gasteiger charge is -2.17. The summed E-state index contributed by atoms with van der Waals surface area (Å²) in [6.45, 7) is 1.53. The van der Waals surface area contributed by atoms with Gasteiger partial charge in [0.05, 0.1) is 16.8 Å². The Morgan fingerprint density at radius 1 is 1.08 bits per heavy atom. The number of pyridine rings is 1. The van der Waals surface area contributed by atoms with Gasteiger partial charge >= 0.3 is 0 Å². The molecule has 0 radical (unpaired) electrons. The fourth-order valence-corrected chi connectivity index (χ4v) is 4.27. The Morgan fingerprint density at radius 2 is 1.81 bits per heavy atom. The summed E-state index contributed by atoms with van der Waals surface area (Å²) in [5, 5.41) is 3.47. The molecular weight excluding hydrogens is 353 g/mol. The van der Waals surface area contributed by atoms with Gasteiger partial charge in [0.2, 0.25) is 0 Å². The highest BCUT2D eigenvalue weighted by Gasteiger charge is 2.16. The van der Waals surface area contributed by atoms with E-state index in [1.807, 2.05) is 6.07 Å². The van der Waals surface area contributed by atoms with E-state index in [0.717, 1.165) is 24.6 Å². The first-order valence-corrected chi connectivity index (χ1v) is 10.4. The molecular formula is C19H24FN3O2S. The minimum Gasteiger partial charge on any atom is -0.381 e. The maximum atomic E-state index is 13.3. The SMILES string of the molecule is Cc1cc(S(=O)(=O)Nc2ccc(NC3CCCCCC3)cn2)ccc1F. The van der Waals surface area contributed by atoms with Crippen LogP contribution in [-0.2, 0) is 10.0 Å². The number of nitrogens with zero attached hydrogens (tertiary/aromatic N) is 1. The molecule has 7 heteroatoms. The predicted molar refractivity (Wildman–Crippen MR) is 101 cm³/mol. The molecule has 26 heavy (non-hydrogen) atoms. The lowest BCUT2D eigenvalue weighted by molar-refractivity contribution is 0.598. The van der Waals surface area contributed by atoms with E-state index in [9.17, 15) is 12.8 Å². The van der Waals surface area contributed by atoms with Gasteiger partial charge in [0.25, 0.3) is 10.0 Å². The Balaban J connectivity index is 1.67. The van der Waals surface area contributed by atoms with Crippen LogP contribution in [0.2, 0.25) is 0 Å². The number of anilines is 2. The molecule has 5 nitrogen and oxygen atoms in total. The van der Waals surface area contributed by atoms with E-state index < -0.39 is 15.8 Å². The zero-order valence-corrected chi connectivity index (χ0v) is 15.7. The second-order valence-electron chi connectivity index (χ2n) is 6.78. The smallest absolute Gasteiger partial charge is 0.263 e. The molecule has 0 amide bonds. The molecule has 1 aliphatic rings. The van der Waals surface area contributed by atoms with Crippen LogP contribution in [-0.4, -0.2) is 19.4 Å². The highest BCUT2D eigenvalue weighted by molar-refractivity contribution is 7.92. The molecule has 0 spiro atoms. The fourth-order valence-electron chi connectivity index (χ4n) is 3.18. The van der Waals surface area contributed by atoms with Crippen LogP contribution in [0.5, 0.6) is 0 Å². The molecule has 1 heterocycles. The second kappa shape index (κ2) is 8.03. The first kappa shape index (κ1) is 18.6. The average molecular weight is 377 g/mol. The first-order chi connectivity index (χ1) is 12.4. The fraction of sp³-hybridized carbons (Fsp3) is 0.421. The third-order valence-corrected chi connectivity index (χ3v) is 6.02. The van der Waals surface area contributed by atoms with Gasteiger partial charge in [0.15, 0.2) is 0 Å². The molecule has 0 saturated heterocycles. The van der Waals surface area contributed by atoms with E-state index >= 15 is 0 Å². The number of benzene rings is 1. The van der Waals surface area contributed by atoms with Gasteiger partial charge in [0.1, 0.15) is 11.6 Å². The van der Waals surface area contributed by atoms with Crippen molar-refractivity contribution in [2.75, 3.05) is 10.0 Å². The standard InChI is InChI=1S/C19H24FN3O2S/c1-14-12-17(9-10-18(14)20)26(24,25)23-19-11-8-16(13-21-19)22-15-6-4-2-3-5-7-15/h8-13,15,22H,2-7H2,1H3,(H,21,23). The number of aryl methyl sites for hydroxylation is 1. The molecule has 1 aromatic heterocycles. The Bertz CT molecular complexity index is 846. The highest BCUT2D eigenvalue weighted by Crippen LogP contribution is 2.22. The number of aromatic nitrogens is 1. The van der Waals surface area contributed by atoms with Gasteiger partial charge in [0, 0.05) is 6.04 Å². The predicted octanol–water partition coefficient (Wildman–Crippen LogP) is 4.46. The zero-order chi connectivity index (χ0) is 18.6. The molecule has 1 aliphatic carbocycles. The molecule has 1 fully saturated rings. The first-order valence-electron chi connectivity index (χ1n) is 8.95. The average Bonchev–Trinajstić information content (AvgIpc) is 2.87. The lowest BCUT2D eigenvalue weighted by Crippen LogP contribution is -2.18. The number of sulfonamides is 1. The van der Waals surface area contributed by atoms with Gasteiger partial charge in [-0.2, -0.15) is 0 Å². The Labute approximate surface area is 154 Å². The van der Waals surface area contributed by atoms with E-state index in [0.29, 0.717) is 6.04 Å². The molecule has 1 saturated carbocycles. The van der Waals surface area contributed by atoms with Crippen LogP contribution < -0.4 is 10.0 Å². The van der Waals surface area contributed by atoms with Crippen LogP contribution in [0.3, 0.4) is 0 Å². The molecule has 0 unspecified atom stereocenters. The summed E-state index contributed by atoms with van der Waals surface area (Å²) >= 11 is 0. The van der Waals surface area contributed by atoms with Crippen molar-refractivity contribution < 1.29 is 12.8 Å². The van der Waals surface area contributed by atoms with Crippen molar-refractivity contribution in [1.82, 2.24) is 4.98 Å². The van der Waals surface area contributed by atoms with Gasteiger partial charge in [-0.1, -0.05) is 25.7 Å². The second-order valence-corrected chi connectivity index (χ2v) is 8.46. The summed E-state index contributed by atoms with van der Waals surface area (Å²) in [6.07, 6.45) is 9.00. The molecule has 3 rings (SSSR count). The van der Waals surface area contributed by atoms with Crippen LogP contribution in [0, 0.1) is 12.7 Å². The minimum atomic E-state index is -3.80. The van der Waals surface area contributed by atoms with Gasteiger partial charge in [-0.25, -0.2) is 17.8 Å². The van der Waals surface area contributed by atoms with Crippen molar-refractivity contribution in [3.8, 4) is 0 Å². The normalized spacial score (nSPS) is 16.1. The van der Waals surface area contributed by atoms with Crippen molar-refractivity contribution in [3.05, 3.63) is 47.9 Å². The third kappa shape index (κ3) is 4.72. The topological polar surface area (TPSA) is 71.1 Å². The monoisotopic (exact) mass is 377 g/mol. The zero-order valence-electron chi connectivity index (χ0n) is 14.8. The van der Waals surface area contributed by atoms with Crippen LogP contribution in [0.4, 0.5) is 15.9 Å². The van der Waals surface area contributed by atoms with E-state index in [2.05, 4.69) is 15.0 Å². The van der Waals surface area contributed by atoms with Gasteiger partial charge in [-0.3, -0.25) is 4.72 Å². The Morgan fingerprint density at radius 3 is 2.42 bits per heavy atom. The summed E-state index contributed by atoms with van der Waals surface area (Å²) < 4.78 is 40.6. The molecule has 2 N–H and O–H groups in total. The van der Waals surface area contributed by atoms with Crippen LogP contribution in [0.1, 0.15) is 44.1 Å². The lowest BCUT2D eigenvalue weighted by atomic mass is 10.1. The summed E-state index contributed by atoms with van der Waals surface area (Å²) in [5.74, 6) is -0.200. The van der Waals surface area contributed by atoms with E-state index in [1.54, 1.807) is 12.3 Å². The van der Waals surface area contributed by atoms with Crippen LogP contribution in [0.15, 0.2) is 41.4 Å². The van der Waals surface area contributed by atoms with Crippen molar-refractivity contribution in [1.29, 1.82) is 0 Å². The summed E-state index contributed by atoms with van der Waals surface area (Å²) in [4.78, 5) is 4.20. The minimum absolute atomic E-state index is 0.0128. The van der Waals surface area contributed by atoms with Gasteiger partial charge < -0.3 is 5.32 Å². The molecule has 140 valence electrons. The van der Waals surface area contributed by atoms with E-state index in [1.165, 1.54) is 44.7 Å². The molecule has 1 aromatic carbocycles. The van der Waals surface area contributed by atoms with Gasteiger partial charge in [-0.15, -0.1) is 0 Å². The van der Waals surface area contributed by atoms with Crippen LogP contribution >= 0.6 is 0 Å². The summed E-state index contributed by atoms with van der Waals surface area (Å²) in [7, 11) is -3.80. The molecule has 0 atom stereocenters. The Hall–Kier alpha value is -2.15. The Kier molecular flexibility index (Phi) is 5.76. The van der Waals surface area contributed by atoms with E-state index in [4.69, 9.17) is 0 Å². The number of hydrogen-bond donors (Lipinski definition) is 2. The molecule has 0 bridgehead atoms. The molecule has 2 aromatic rings. The highest BCUT2D eigenvalue weighted by atomic mass is 32.2. The number of hydrogen-bond acceptors (Lipinski definition) is 4. The summed E-state index contributed by atoms with van der Waals surface area (Å²) in [5.41, 5.74) is 1.17. The number of rotatable bonds is 5.